The first-order valence-corrected chi connectivity index (χ1v) is 10.2. The summed E-state index contributed by atoms with van der Waals surface area (Å²) in [5.41, 5.74) is 1.83. The average Bonchev–Trinajstić information content (AvgIpc) is 3.23. The highest BCUT2D eigenvalue weighted by atomic mass is 16.5. The zero-order valence-corrected chi connectivity index (χ0v) is 17.5. The monoisotopic (exact) mass is 434 g/mol. The van der Waals surface area contributed by atoms with Crippen LogP contribution >= 0.6 is 0 Å². The fourth-order valence-electron chi connectivity index (χ4n) is 3.48. The van der Waals surface area contributed by atoms with Crippen LogP contribution in [0.2, 0.25) is 0 Å². The Balaban J connectivity index is 1.40. The van der Waals surface area contributed by atoms with Crippen LogP contribution in [-0.4, -0.2) is 31.6 Å². The number of nitrogens with zero attached hydrogens (tertiary/aromatic N) is 1. The number of ether oxygens (including phenoxy) is 2. The maximum absolute atomic E-state index is 12.8. The summed E-state index contributed by atoms with van der Waals surface area (Å²) in [7, 11) is 0. The Morgan fingerprint density at radius 3 is 2.66 bits per heavy atom. The number of fused-ring (bicyclic) bond motifs is 1. The van der Waals surface area contributed by atoms with Gasteiger partial charge in [-0.1, -0.05) is 30.3 Å². The number of hydrogen-bond donors (Lipinski definition) is 1. The highest BCUT2D eigenvalue weighted by Gasteiger charge is 2.27. The van der Waals surface area contributed by atoms with Gasteiger partial charge in [0.1, 0.15) is 12.0 Å². The molecule has 1 aromatic heterocycles. The van der Waals surface area contributed by atoms with Gasteiger partial charge in [0.2, 0.25) is 11.2 Å². The second kappa shape index (κ2) is 9.38. The highest BCUT2D eigenvalue weighted by Crippen LogP contribution is 2.29. The summed E-state index contributed by atoms with van der Waals surface area (Å²) in [6.07, 6.45) is 1.80. The molecular weight excluding hydrogens is 412 g/mol. The molecule has 1 N–H and O–H groups in total. The van der Waals surface area contributed by atoms with E-state index in [9.17, 15) is 14.4 Å². The first kappa shape index (κ1) is 21.2. The van der Waals surface area contributed by atoms with Crippen molar-refractivity contribution < 1.29 is 23.5 Å². The first-order valence-electron chi connectivity index (χ1n) is 10.2. The number of benzene rings is 2. The number of anilines is 2. The molecule has 32 heavy (non-hydrogen) atoms. The number of para-hydroxylation sites is 3. The van der Waals surface area contributed by atoms with Crippen molar-refractivity contribution in [2.75, 3.05) is 30.0 Å². The van der Waals surface area contributed by atoms with E-state index in [-0.39, 0.29) is 11.5 Å². The Hall–Kier alpha value is -4.07. The number of amides is 2. The normalized spacial score (nSPS) is 12.2. The van der Waals surface area contributed by atoms with Gasteiger partial charge in [0.05, 0.1) is 12.3 Å². The molecule has 0 unspecified atom stereocenters. The Kier molecular flexibility index (Phi) is 6.21. The van der Waals surface area contributed by atoms with Crippen LogP contribution in [0.5, 0.6) is 11.5 Å². The van der Waals surface area contributed by atoms with Gasteiger partial charge in [-0.15, -0.1) is 0 Å². The molecule has 0 radical (unpaired) electrons. The van der Waals surface area contributed by atoms with Gasteiger partial charge in [-0.25, -0.2) is 0 Å². The minimum absolute atomic E-state index is 0.0888. The maximum atomic E-state index is 12.8. The van der Waals surface area contributed by atoms with Crippen LogP contribution in [0.25, 0.3) is 0 Å². The number of rotatable bonds is 7. The van der Waals surface area contributed by atoms with Crippen molar-refractivity contribution >= 4 is 23.2 Å². The second-order valence-corrected chi connectivity index (χ2v) is 7.07. The molecule has 2 amide bonds. The second-order valence-electron chi connectivity index (χ2n) is 7.07. The lowest BCUT2D eigenvalue weighted by molar-refractivity contribution is -0.118. The topological polar surface area (TPSA) is 98.1 Å². The van der Waals surface area contributed by atoms with Crippen LogP contribution in [0.3, 0.4) is 0 Å². The van der Waals surface area contributed by atoms with Crippen molar-refractivity contribution in [3.05, 3.63) is 82.4 Å². The molecule has 3 aromatic rings. The third-order valence-electron chi connectivity index (χ3n) is 4.96. The molecule has 0 fully saturated rings. The van der Waals surface area contributed by atoms with Crippen LogP contribution in [0.1, 0.15) is 23.0 Å². The molecule has 2 heterocycles. The number of nitrogens with one attached hydrogen (secondary N) is 1. The Bertz CT molecular complexity index is 1200. The Morgan fingerprint density at radius 1 is 1.06 bits per heavy atom. The molecule has 0 bridgehead atoms. The smallest absolute Gasteiger partial charge is 0.294 e. The van der Waals surface area contributed by atoms with Crippen LogP contribution in [0.4, 0.5) is 11.4 Å². The van der Waals surface area contributed by atoms with Gasteiger partial charge in [0.25, 0.3) is 11.8 Å². The van der Waals surface area contributed by atoms with E-state index in [0.717, 1.165) is 30.0 Å². The van der Waals surface area contributed by atoms with Crippen LogP contribution in [0, 0.1) is 0 Å². The van der Waals surface area contributed by atoms with Gasteiger partial charge in [0, 0.05) is 18.3 Å². The summed E-state index contributed by atoms with van der Waals surface area (Å²) in [5.74, 6) is -0.575. The van der Waals surface area contributed by atoms with E-state index >= 15 is 0 Å². The lowest BCUT2D eigenvalue weighted by Gasteiger charge is -2.16. The molecule has 4 rings (SSSR count). The molecule has 8 heteroatoms. The summed E-state index contributed by atoms with van der Waals surface area (Å²) < 4.78 is 16.1. The highest BCUT2D eigenvalue weighted by molar-refractivity contribution is 6.05. The SMILES string of the molecule is CCOc1ccccc1NC(=O)COc1coc(C(=O)N2CCc3ccccc32)cc1=O. The molecule has 0 spiro atoms. The van der Waals surface area contributed by atoms with E-state index in [2.05, 4.69) is 5.32 Å². The first-order chi connectivity index (χ1) is 15.6. The quantitative estimate of drug-likeness (QED) is 0.613. The van der Waals surface area contributed by atoms with E-state index < -0.39 is 23.9 Å². The van der Waals surface area contributed by atoms with Crippen LogP contribution in [0.15, 0.2) is 70.1 Å². The molecule has 0 aliphatic carbocycles. The van der Waals surface area contributed by atoms with E-state index in [4.69, 9.17) is 13.9 Å². The fraction of sp³-hybridized carbons (Fsp3) is 0.208. The van der Waals surface area contributed by atoms with Crippen molar-refractivity contribution in [2.45, 2.75) is 13.3 Å². The van der Waals surface area contributed by atoms with Gasteiger partial charge >= 0.3 is 0 Å². The Morgan fingerprint density at radius 2 is 1.84 bits per heavy atom. The lowest BCUT2D eigenvalue weighted by Crippen LogP contribution is -2.29. The van der Waals surface area contributed by atoms with Crippen molar-refractivity contribution in [1.82, 2.24) is 0 Å². The summed E-state index contributed by atoms with van der Waals surface area (Å²) >= 11 is 0. The molecule has 164 valence electrons. The van der Waals surface area contributed by atoms with Gasteiger partial charge in [0.15, 0.2) is 12.4 Å². The van der Waals surface area contributed by atoms with Gasteiger partial charge in [-0.05, 0) is 37.1 Å². The lowest BCUT2D eigenvalue weighted by atomic mass is 10.2. The predicted molar refractivity (Wildman–Crippen MR) is 119 cm³/mol. The van der Waals surface area contributed by atoms with Crippen molar-refractivity contribution in [2.24, 2.45) is 0 Å². The Labute approximate surface area is 184 Å². The van der Waals surface area contributed by atoms with E-state index in [1.54, 1.807) is 29.2 Å². The fourth-order valence-corrected chi connectivity index (χ4v) is 3.48. The van der Waals surface area contributed by atoms with E-state index in [1.807, 2.05) is 31.2 Å². The number of carbonyl (C=O) groups excluding carboxylic acids is 2. The van der Waals surface area contributed by atoms with Crippen LogP contribution in [-0.2, 0) is 11.2 Å². The van der Waals surface area contributed by atoms with Crippen LogP contribution < -0.4 is 25.1 Å². The maximum Gasteiger partial charge on any atom is 0.294 e. The van der Waals surface area contributed by atoms with Gasteiger partial charge in [-0.2, -0.15) is 0 Å². The van der Waals surface area contributed by atoms with Crippen molar-refractivity contribution in [3.63, 3.8) is 0 Å². The molecule has 1 aliphatic rings. The summed E-state index contributed by atoms with van der Waals surface area (Å²) in [6, 6.07) is 15.7. The minimum atomic E-state index is -0.547. The summed E-state index contributed by atoms with van der Waals surface area (Å²) in [5, 5.41) is 2.68. The third kappa shape index (κ3) is 4.49. The minimum Gasteiger partial charge on any atom is -0.492 e. The largest absolute Gasteiger partial charge is 0.492 e. The number of hydrogen-bond acceptors (Lipinski definition) is 6. The third-order valence-corrected chi connectivity index (χ3v) is 4.96. The zero-order valence-electron chi connectivity index (χ0n) is 17.5. The predicted octanol–water partition coefficient (Wildman–Crippen LogP) is 3.26. The summed E-state index contributed by atoms with van der Waals surface area (Å²) in [6.45, 7) is 2.41. The van der Waals surface area contributed by atoms with Gasteiger partial charge in [-0.3, -0.25) is 14.4 Å². The molecule has 0 atom stereocenters. The van der Waals surface area contributed by atoms with E-state index in [0.29, 0.717) is 24.6 Å². The van der Waals surface area contributed by atoms with Crippen molar-refractivity contribution in [3.8, 4) is 11.5 Å². The molecular formula is C24H22N2O6. The summed E-state index contributed by atoms with van der Waals surface area (Å²) in [4.78, 5) is 39.0. The molecule has 0 saturated heterocycles. The molecule has 0 saturated carbocycles. The standard InChI is InChI=1S/C24H22N2O6/c1-2-30-20-10-6-4-8-17(20)25-23(28)15-32-22-14-31-21(13-19(22)27)24(29)26-12-11-16-7-3-5-9-18(16)26/h3-10,13-14H,2,11-12,15H2,1H3,(H,25,28). The van der Waals surface area contributed by atoms with Gasteiger partial charge < -0.3 is 24.1 Å². The molecule has 2 aromatic carbocycles. The van der Waals surface area contributed by atoms with Crippen molar-refractivity contribution in [1.29, 1.82) is 0 Å². The average molecular weight is 434 g/mol. The zero-order chi connectivity index (χ0) is 22.5. The molecule has 1 aliphatic heterocycles. The number of carbonyl (C=O) groups is 2. The molecule has 8 nitrogen and oxygen atoms in total. The van der Waals surface area contributed by atoms with E-state index in [1.165, 1.54) is 0 Å².